The van der Waals surface area contributed by atoms with E-state index in [1.165, 1.54) is 4.68 Å². The number of hydrogen-bond donors (Lipinski definition) is 3. The molecule has 0 aliphatic heterocycles. The van der Waals surface area contributed by atoms with Gasteiger partial charge in [-0.15, -0.1) is 10.2 Å². The summed E-state index contributed by atoms with van der Waals surface area (Å²) in [5.74, 6) is -0.674. The second-order valence-electron chi connectivity index (χ2n) is 5.50. The number of aryl methyl sites for hydroxylation is 1. The molecule has 0 bridgehead atoms. The molecule has 0 aliphatic rings. The first-order chi connectivity index (χ1) is 12.1. The summed E-state index contributed by atoms with van der Waals surface area (Å²) in [5.41, 5.74) is 2.70. The molecule has 0 unspecified atom stereocenters. The summed E-state index contributed by atoms with van der Waals surface area (Å²) >= 11 is 0. The van der Waals surface area contributed by atoms with Crippen LogP contribution in [0.5, 0.6) is 5.88 Å². The van der Waals surface area contributed by atoms with E-state index in [0.29, 0.717) is 16.8 Å². The van der Waals surface area contributed by atoms with Crippen LogP contribution in [0.2, 0.25) is 0 Å². The molecule has 0 aliphatic carbocycles. The first-order valence-electron chi connectivity index (χ1n) is 7.57. The van der Waals surface area contributed by atoms with Gasteiger partial charge in [-0.1, -0.05) is 18.2 Å². The molecule has 0 saturated heterocycles. The fourth-order valence-electron chi connectivity index (χ4n) is 2.65. The molecular formula is C17H14N6O2. The van der Waals surface area contributed by atoms with Gasteiger partial charge in [-0.05, 0) is 24.3 Å². The van der Waals surface area contributed by atoms with E-state index in [1.807, 2.05) is 24.3 Å². The number of rotatable bonds is 3. The van der Waals surface area contributed by atoms with Gasteiger partial charge >= 0.3 is 5.91 Å². The van der Waals surface area contributed by atoms with E-state index in [4.69, 9.17) is 0 Å². The van der Waals surface area contributed by atoms with E-state index in [0.717, 1.165) is 11.2 Å². The number of nitrogens with zero attached hydrogens (tertiary/aromatic N) is 4. The zero-order valence-corrected chi connectivity index (χ0v) is 13.3. The largest absolute Gasteiger partial charge is 0.493 e. The predicted molar refractivity (Wildman–Crippen MR) is 91.8 cm³/mol. The van der Waals surface area contributed by atoms with Crippen LogP contribution in [0.3, 0.4) is 0 Å². The number of benzene rings is 1. The normalized spacial score (nSPS) is 11.6. The fraction of sp³-hybridized carbons (Fsp3) is 0.0588. The van der Waals surface area contributed by atoms with Gasteiger partial charge in [0.05, 0.1) is 11.2 Å². The molecule has 1 amide bonds. The van der Waals surface area contributed by atoms with Gasteiger partial charge in [-0.2, -0.15) is 5.10 Å². The Morgan fingerprint density at radius 1 is 1.24 bits per heavy atom. The van der Waals surface area contributed by atoms with Gasteiger partial charge in [0.1, 0.15) is 11.4 Å². The molecule has 25 heavy (non-hydrogen) atoms. The van der Waals surface area contributed by atoms with Gasteiger partial charge in [-0.25, -0.2) is 0 Å². The maximum Gasteiger partial charge on any atom is 0.313 e. The molecule has 3 heterocycles. The average molecular weight is 334 g/mol. The molecule has 0 atom stereocenters. The third kappa shape index (κ3) is 2.59. The molecule has 124 valence electrons. The summed E-state index contributed by atoms with van der Waals surface area (Å²) in [4.78, 5) is 18.2. The number of H-pyrrole nitrogens is 2. The topological polar surface area (TPSA) is 111 Å². The van der Waals surface area contributed by atoms with Crippen LogP contribution in [0.4, 0.5) is 5.69 Å². The molecule has 8 heteroatoms. The van der Waals surface area contributed by atoms with Crippen LogP contribution in [0.25, 0.3) is 22.3 Å². The molecule has 4 aromatic rings. The first kappa shape index (κ1) is 14.9. The monoisotopic (exact) mass is 334 g/mol. The molecule has 0 fully saturated rings. The number of aromatic hydroxyl groups is 1. The molecular weight excluding hydrogens is 320 g/mol. The van der Waals surface area contributed by atoms with Crippen molar-refractivity contribution >= 4 is 22.5 Å². The average Bonchev–Trinajstić information content (AvgIpc) is 3.31. The van der Waals surface area contributed by atoms with Crippen molar-refractivity contribution in [3.63, 3.8) is 0 Å². The quantitative estimate of drug-likeness (QED) is 0.498. The van der Waals surface area contributed by atoms with Crippen LogP contribution in [0.15, 0.2) is 58.9 Å². The number of azo groups is 1. The van der Waals surface area contributed by atoms with Crippen molar-refractivity contribution in [1.82, 2.24) is 19.7 Å². The minimum Gasteiger partial charge on any atom is -0.493 e. The van der Waals surface area contributed by atoms with Gasteiger partial charge in [-0.3, -0.25) is 9.48 Å². The summed E-state index contributed by atoms with van der Waals surface area (Å²) in [7, 11) is 1.67. The van der Waals surface area contributed by atoms with E-state index in [9.17, 15) is 9.90 Å². The minimum atomic E-state index is -0.544. The molecule has 3 N–H and O–H groups in total. The van der Waals surface area contributed by atoms with E-state index in [2.05, 4.69) is 25.3 Å². The molecule has 0 radical (unpaired) electrons. The Hall–Kier alpha value is -3.68. The molecule has 4 rings (SSSR count). The molecule has 3 aromatic heterocycles. The van der Waals surface area contributed by atoms with E-state index >= 15 is 0 Å². The molecule has 1 aromatic carbocycles. The molecule has 0 saturated carbocycles. The SMILES string of the molecule is Cn1nc(-c2ccc[nH]2)cc1C(=O)N=Nc1c(O)[nH]c2ccccc12. The third-order valence-corrected chi connectivity index (χ3v) is 3.87. The van der Waals surface area contributed by atoms with Crippen LogP contribution >= 0.6 is 0 Å². The van der Waals surface area contributed by atoms with Crippen LogP contribution in [0, 0.1) is 0 Å². The first-order valence-corrected chi connectivity index (χ1v) is 7.57. The predicted octanol–water partition coefficient (Wildman–Crippen LogP) is 3.53. The number of para-hydroxylation sites is 1. The standard InChI is InChI=1S/C17H14N6O2/c1-23-14(9-13(22-23)12-7-4-8-18-12)16(24)21-20-15-10-5-2-3-6-11(10)19-17(15)25/h2-9,18-19,25H,1H3. The van der Waals surface area contributed by atoms with Crippen LogP contribution in [0.1, 0.15) is 10.5 Å². The highest BCUT2D eigenvalue weighted by molar-refractivity contribution is 5.96. The Bertz CT molecular complexity index is 1090. The molecule has 8 nitrogen and oxygen atoms in total. The fourth-order valence-corrected chi connectivity index (χ4v) is 2.65. The van der Waals surface area contributed by atoms with Crippen molar-refractivity contribution in [1.29, 1.82) is 0 Å². The number of nitrogens with one attached hydrogen (secondary N) is 2. The lowest BCUT2D eigenvalue weighted by atomic mass is 10.2. The number of carbonyl (C=O) groups excluding carboxylic acids is 1. The van der Waals surface area contributed by atoms with Gasteiger partial charge in [0, 0.05) is 18.6 Å². The van der Waals surface area contributed by atoms with Crippen molar-refractivity contribution in [2.24, 2.45) is 17.3 Å². The van der Waals surface area contributed by atoms with Crippen molar-refractivity contribution < 1.29 is 9.90 Å². The van der Waals surface area contributed by atoms with E-state index in [-0.39, 0.29) is 11.6 Å². The summed E-state index contributed by atoms with van der Waals surface area (Å²) in [5, 5.41) is 22.6. The van der Waals surface area contributed by atoms with Crippen molar-refractivity contribution in [3.05, 3.63) is 54.4 Å². The van der Waals surface area contributed by atoms with Crippen LogP contribution in [-0.2, 0) is 7.05 Å². The summed E-state index contributed by atoms with van der Waals surface area (Å²) in [6.07, 6.45) is 1.78. The Morgan fingerprint density at radius 2 is 2.08 bits per heavy atom. The van der Waals surface area contributed by atoms with Crippen molar-refractivity contribution in [2.45, 2.75) is 0 Å². The van der Waals surface area contributed by atoms with Crippen LogP contribution < -0.4 is 0 Å². The lowest BCUT2D eigenvalue weighted by Crippen LogP contribution is -2.03. The minimum absolute atomic E-state index is 0.130. The smallest absolute Gasteiger partial charge is 0.313 e. The Labute approximate surface area is 141 Å². The number of aromatic amines is 2. The second-order valence-corrected chi connectivity index (χ2v) is 5.50. The highest BCUT2D eigenvalue weighted by atomic mass is 16.3. The zero-order chi connectivity index (χ0) is 17.4. The Morgan fingerprint density at radius 3 is 2.88 bits per heavy atom. The number of fused-ring (bicyclic) bond motifs is 1. The second kappa shape index (κ2) is 5.75. The van der Waals surface area contributed by atoms with Gasteiger partial charge in [0.15, 0.2) is 5.69 Å². The lowest BCUT2D eigenvalue weighted by Gasteiger charge is -1.94. The highest BCUT2D eigenvalue weighted by Gasteiger charge is 2.15. The van der Waals surface area contributed by atoms with Crippen molar-refractivity contribution in [2.75, 3.05) is 0 Å². The van der Waals surface area contributed by atoms with Gasteiger partial charge < -0.3 is 15.1 Å². The number of amides is 1. The van der Waals surface area contributed by atoms with E-state index < -0.39 is 5.91 Å². The zero-order valence-electron chi connectivity index (χ0n) is 13.3. The van der Waals surface area contributed by atoms with Crippen LogP contribution in [-0.4, -0.2) is 30.8 Å². The number of aromatic nitrogens is 4. The Balaban J connectivity index is 1.66. The number of carbonyl (C=O) groups is 1. The summed E-state index contributed by atoms with van der Waals surface area (Å²) in [6.45, 7) is 0. The number of hydrogen-bond acceptors (Lipinski definition) is 4. The summed E-state index contributed by atoms with van der Waals surface area (Å²) in [6, 6.07) is 12.6. The Kier molecular flexibility index (Phi) is 3.42. The highest BCUT2D eigenvalue weighted by Crippen LogP contribution is 2.35. The maximum atomic E-state index is 12.4. The summed E-state index contributed by atoms with van der Waals surface area (Å²) < 4.78 is 1.45. The van der Waals surface area contributed by atoms with Gasteiger partial charge in [0.2, 0.25) is 5.88 Å². The lowest BCUT2D eigenvalue weighted by molar-refractivity contribution is 0.0986. The van der Waals surface area contributed by atoms with Gasteiger partial charge in [0.25, 0.3) is 0 Å². The third-order valence-electron chi connectivity index (χ3n) is 3.87. The maximum absolute atomic E-state index is 12.4. The molecule has 0 spiro atoms. The van der Waals surface area contributed by atoms with Crippen molar-refractivity contribution in [3.8, 4) is 17.3 Å². The van der Waals surface area contributed by atoms with E-state index in [1.54, 1.807) is 31.4 Å².